The Bertz CT molecular complexity index is 1450. The van der Waals surface area contributed by atoms with Crippen LogP contribution >= 0.6 is 45.1 Å². The number of nitrogens with two attached hydrogens (primary N) is 2. The molecule has 218 valence electrons. The molecule has 3 unspecified atom stereocenters. The van der Waals surface area contributed by atoms with Gasteiger partial charge < -0.3 is 45.1 Å². The third kappa shape index (κ3) is 9.13. The lowest BCUT2D eigenvalue weighted by Gasteiger charge is -2.21. The van der Waals surface area contributed by atoms with E-state index in [1.54, 1.807) is 0 Å². The second-order valence-corrected chi connectivity index (χ2v) is 14.4. The summed E-state index contributed by atoms with van der Waals surface area (Å²) >= 11 is 0. The van der Waals surface area contributed by atoms with E-state index < -0.39 is 54.1 Å². The first-order valence-corrected chi connectivity index (χ1v) is 17.7. The van der Waals surface area contributed by atoms with Crippen molar-refractivity contribution in [3.05, 3.63) is 22.1 Å². The smallest absolute Gasteiger partial charge is 0.369 e. The van der Waals surface area contributed by atoms with E-state index in [4.69, 9.17) is 35.3 Å². The minimum atomic E-state index is -5.70. The normalized spacial score (nSPS) is 22.8. The Morgan fingerprint density at radius 1 is 1.26 bits per heavy atom. The lowest BCUT2D eigenvalue weighted by Crippen LogP contribution is -2.28. The first-order chi connectivity index (χ1) is 18.1. The molecule has 3 rings (SSSR count). The zero-order chi connectivity index (χ0) is 29.0. The summed E-state index contributed by atoms with van der Waals surface area (Å²) in [6.07, 6.45) is 0.737. The molecule has 9 N–H and O–H groups in total. The summed E-state index contributed by atoms with van der Waals surface area (Å²) < 4.78 is 60.0. The minimum Gasteiger partial charge on any atom is -0.369 e. The van der Waals surface area contributed by atoms with Crippen LogP contribution < -0.4 is 17.0 Å². The molecular formula is C16H24N5O13P3S2. The number of anilines is 1. The number of hydrogen-bond donors (Lipinski definition) is 7. The van der Waals surface area contributed by atoms with Crippen LogP contribution in [0, 0.1) is 11.8 Å². The van der Waals surface area contributed by atoms with Gasteiger partial charge in [-0.25, -0.2) is 13.7 Å². The third-order valence-corrected chi connectivity index (χ3v) is 10.0. The summed E-state index contributed by atoms with van der Waals surface area (Å²) in [5.41, 5.74) is 11.0. The Labute approximate surface area is 227 Å². The zero-order valence-electron chi connectivity index (χ0n) is 19.8. The van der Waals surface area contributed by atoms with E-state index in [0.29, 0.717) is 5.56 Å². The first-order valence-electron chi connectivity index (χ1n) is 10.4. The van der Waals surface area contributed by atoms with Crippen molar-refractivity contribution >= 4 is 62.0 Å². The fourth-order valence-corrected chi connectivity index (χ4v) is 7.28. The number of phosphoric acid groups is 3. The minimum absolute atomic E-state index is 0.0264. The summed E-state index contributed by atoms with van der Waals surface area (Å²) in [5, 5.41) is 0.126. The number of aromatic nitrogens is 3. The fraction of sp³-hybridized carbons (Fsp3) is 0.500. The fourth-order valence-electron chi connectivity index (χ4n) is 3.46. The second kappa shape index (κ2) is 13.2. The summed E-state index contributed by atoms with van der Waals surface area (Å²) in [7, 11) is -13.9. The number of nitrogens with one attached hydrogen (secondary N) is 1. The van der Waals surface area contributed by atoms with Crippen LogP contribution in [-0.4, -0.2) is 71.7 Å². The van der Waals surface area contributed by atoms with E-state index in [-0.39, 0.29) is 35.9 Å². The van der Waals surface area contributed by atoms with Gasteiger partial charge in [0.05, 0.1) is 30.2 Å². The Morgan fingerprint density at radius 2 is 1.97 bits per heavy atom. The number of rotatable bonds is 12. The van der Waals surface area contributed by atoms with E-state index in [1.165, 1.54) is 32.4 Å². The zero-order valence-corrected chi connectivity index (χ0v) is 24.1. The molecule has 18 nitrogen and oxygen atoms in total. The molecule has 23 heteroatoms. The van der Waals surface area contributed by atoms with E-state index in [0.717, 1.165) is 0 Å². The molecule has 1 aliphatic heterocycles. The molecule has 2 aromatic rings. The average molecular weight is 651 g/mol. The number of phosphoric ester groups is 1. The standard InChI is InChI=1S/C16H24N5O13P3S2/c1-38-39-8-30-10-5-12(21-6-9(3-2-4-17)13-14(21)19-16(18)20-15(13)22)32-11(10)7-31-36(26,27)34-37(28,29)33-35(23,24)25/h6,10-12H,4-5,7-8,17H2,1H3,(H,26,27)(H,28,29)(H2,23,24,25)(H3,18,19,20,22)/t10?,11-,12-/m1/s1. The largest absolute Gasteiger partial charge is 0.490 e. The van der Waals surface area contributed by atoms with Crippen molar-refractivity contribution in [2.75, 3.05) is 31.1 Å². The van der Waals surface area contributed by atoms with Crippen LogP contribution in [0.2, 0.25) is 0 Å². The van der Waals surface area contributed by atoms with Gasteiger partial charge in [-0.2, -0.15) is 13.6 Å². The van der Waals surface area contributed by atoms with Gasteiger partial charge in [-0.3, -0.25) is 14.3 Å². The second-order valence-electron chi connectivity index (χ2n) is 7.46. The molecule has 0 bridgehead atoms. The van der Waals surface area contributed by atoms with Gasteiger partial charge in [-0.05, 0) is 6.26 Å². The van der Waals surface area contributed by atoms with Gasteiger partial charge in [0.2, 0.25) is 5.95 Å². The van der Waals surface area contributed by atoms with Gasteiger partial charge in [-0.1, -0.05) is 33.4 Å². The van der Waals surface area contributed by atoms with Gasteiger partial charge in [0, 0.05) is 12.6 Å². The Balaban J connectivity index is 1.86. The average Bonchev–Trinajstić information content (AvgIpc) is 3.35. The number of H-pyrrole nitrogens is 1. The van der Waals surface area contributed by atoms with Crippen LogP contribution in [0.15, 0.2) is 11.0 Å². The summed E-state index contributed by atoms with van der Waals surface area (Å²) in [6, 6.07) is 0. The van der Waals surface area contributed by atoms with Crippen LogP contribution in [0.25, 0.3) is 11.0 Å². The van der Waals surface area contributed by atoms with Crippen molar-refractivity contribution in [3.8, 4) is 11.8 Å². The topological polar surface area (TPSA) is 281 Å². The maximum absolute atomic E-state index is 12.6. The third-order valence-electron chi connectivity index (χ3n) is 4.78. The van der Waals surface area contributed by atoms with Gasteiger partial charge in [0.25, 0.3) is 5.56 Å². The van der Waals surface area contributed by atoms with E-state index >= 15 is 0 Å². The van der Waals surface area contributed by atoms with Crippen LogP contribution in [0.4, 0.5) is 5.95 Å². The molecule has 0 radical (unpaired) electrons. The highest BCUT2D eigenvalue weighted by atomic mass is 33.1. The predicted molar refractivity (Wildman–Crippen MR) is 140 cm³/mol. The lowest BCUT2D eigenvalue weighted by molar-refractivity contribution is -0.0520. The summed E-state index contributed by atoms with van der Waals surface area (Å²) in [6.45, 7) is -0.706. The highest BCUT2D eigenvalue weighted by Gasteiger charge is 2.43. The van der Waals surface area contributed by atoms with Crippen LogP contribution in [0.5, 0.6) is 0 Å². The van der Waals surface area contributed by atoms with Crippen molar-refractivity contribution in [2.24, 2.45) is 5.73 Å². The molecule has 5 atom stereocenters. The molecule has 0 aromatic carbocycles. The van der Waals surface area contributed by atoms with Gasteiger partial charge in [-0.15, -0.1) is 0 Å². The van der Waals surface area contributed by atoms with Gasteiger partial charge in [0.15, 0.2) is 5.65 Å². The molecule has 1 fully saturated rings. The molecular weight excluding hydrogens is 627 g/mol. The van der Waals surface area contributed by atoms with Crippen molar-refractivity contribution in [3.63, 3.8) is 0 Å². The van der Waals surface area contributed by atoms with Crippen molar-refractivity contribution in [1.82, 2.24) is 14.5 Å². The van der Waals surface area contributed by atoms with Crippen LogP contribution in [-0.2, 0) is 36.3 Å². The quantitative estimate of drug-likeness (QED) is 0.0544. The molecule has 0 aliphatic carbocycles. The molecule has 0 saturated carbocycles. The highest BCUT2D eigenvalue weighted by molar-refractivity contribution is 8.76. The number of nitrogens with zero attached hydrogens (tertiary/aromatic N) is 2. The number of nitrogen functional groups attached to an aromatic ring is 1. The number of aromatic amines is 1. The van der Waals surface area contributed by atoms with Crippen molar-refractivity contribution < 1.29 is 55.9 Å². The molecule has 1 aliphatic rings. The van der Waals surface area contributed by atoms with E-state index in [9.17, 15) is 28.3 Å². The highest BCUT2D eigenvalue weighted by Crippen LogP contribution is 2.66. The SMILES string of the molecule is CSSCOC1C[C@H](n2cc(C#CCN)c3c(=O)[nH]c(N)nc32)O[C@@H]1COP(=O)(O)OP(=O)(O)OP(=O)(O)O. The molecule has 2 aromatic heterocycles. The number of fused-ring (bicyclic) bond motifs is 1. The Morgan fingerprint density at radius 3 is 2.62 bits per heavy atom. The van der Waals surface area contributed by atoms with Gasteiger partial charge in [0.1, 0.15) is 18.3 Å². The van der Waals surface area contributed by atoms with E-state index in [2.05, 4.69) is 30.4 Å². The summed E-state index contributed by atoms with van der Waals surface area (Å²) in [5.74, 6) is 5.44. The van der Waals surface area contributed by atoms with Crippen molar-refractivity contribution in [1.29, 1.82) is 0 Å². The van der Waals surface area contributed by atoms with Crippen LogP contribution in [0.1, 0.15) is 18.2 Å². The molecule has 0 amide bonds. The molecule has 1 saturated heterocycles. The van der Waals surface area contributed by atoms with Gasteiger partial charge >= 0.3 is 23.5 Å². The predicted octanol–water partition coefficient (Wildman–Crippen LogP) is 0.602. The lowest BCUT2D eigenvalue weighted by atomic mass is 10.2. The Hall–Kier alpha value is -1.23. The maximum atomic E-state index is 12.6. The molecule has 0 spiro atoms. The number of ether oxygens (including phenoxy) is 2. The number of hydrogen-bond acceptors (Lipinski definition) is 14. The summed E-state index contributed by atoms with van der Waals surface area (Å²) in [4.78, 5) is 55.6. The Kier molecular flexibility index (Phi) is 10.9. The molecule has 39 heavy (non-hydrogen) atoms. The van der Waals surface area contributed by atoms with E-state index in [1.807, 2.05) is 6.26 Å². The van der Waals surface area contributed by atoms with Crippen LogP contribution in [0.3, 0.4) is 0 Å². The molecule has 3 heterocycles. The maximum Gasteiger partial charge on any atom is 0.490 e. The monoisotopic (exact) mass is 651 g/mol. The first kappa shape index (κ1) is 32.3. The van der Waals surface area contributed by atoms with Crippen molar-refractivity contribution in [2.45, 2.75) is 24.9 Å².